The zero-order chi connectivity index (χ0) is 11.9. The van der Waals surface area contributed by atoms with Gasteiger partial charge in [-0.2, -0.15) is 5.26 Å². The van der Waals surface area contributed by atoms with E-state index in [-0.39, 0.29) is 16.4 Å². The maximum Gasteiger partial charge on any atom is 0.0699 e. The highest BCUT2D eigenvalue weighted by atomic mass is 14.9. The predicted molar refractivity (Wildman–Crippen MR) is 66.0 cm³/mol. The van der Waals surface area contributed by atoms with Crippen LogP contribution in [0, 0.1) is 16.7 Å². The number of rotatable bonds is 2. The van der Waals surface area contributed by atoms with E-state index in [0.717, 1.165) is 12.8 Å². The van der Waals surface area contributed by atoms with Crippen LogP contribution in [0.25, 0.3) is 5.57 Å². The van der Waals surface area contributed by atoms with Gasteiger partial charge in [0.1, 0.15) is 0 Å². The molecule has 1 aromatic rings. The minimum Gasteiger partial charge on any atom is -0.318 e. The molecule has 3 aliphatic carbocycles. The van der Waals surface area contributed by atoms with Gasteiger partial charge in [0, 0.05) is 5.41 Å². The quantitative estimate of drug-likeness (QED) is 0.835. The fourth-order valence-corrected chi connectivity index (χ4v) is 3.20. The molecule has 0 radical (unpaired) electrons. The van der Waals surface area contributed by atoms with Gasteiger partial charge < -0.3 is 5.73 Å². The summed E-state index contributed by atoms with van der Waals surface area (Å²) in [4.78, 5) is 0. The molecule has 0 amide bonds. The Balaban J connectivity index is 1.70. The third-order valence-electron chi connectivity index (χ3n) is 4.75. The van der Waals surface area contributed by atoms with Gasteiger partial charge in [0.2, 0.25) is 0 Å². The monoisotopic (exact) mass is 222 g/mol. The molecular formula is C15H14N2. The maximum atomic E-state index is 9.13. The van der Waals surface area contributed by atoms with Gasteiger partial charge in [-0.05, 0) is 36.5 Å². The fraction of sp³-hybridized carbons (Fsp3) is 0.400. The van der Waals surface area contributed by atoms with Crippen molar-refractivity contribution in [1.82, 2.24) is 0 Å². The van der Waals surface area contributed by atoms with E-state index in [2.05, 4.69) is 36.4 Å². The van der Waals surface area contributed by atoms with Crippen LogP contribution in [0.15, 0.2) is 30.3 Å². The van der Waals surface area contributed by atoms with E-state index >= 15 is 0 Å². The van der Waals surface area contributed by atoms with E-state index in [1.165, 1.54) is 16.7 Å². The Kier molecular flexibility index (Phi) is 1.29. The molecular weight excluding hydrogens is 208 g/mol. The van der Waals surface area contributed by atoms with E-state index in [9.17, 15) is 0 Å². The van der Waals surface area contributed by atoms with E-state index in [1.54, 1.807) is 0 Å². The molecule has 2 saturated carbocycles. The summed E-state index contributed by atoms with van der Waals surface area (Å²) in [6.07, 6.45) is 4.21. The summed E-state index contributed by atoms with van der Waals surface area (Å²) in [5, 5.41) is 9.13. The SMILES string of the molecule is C[C@]1(N)C=C1c1cccc(C23CC2(C#N)C3)c1. The molecule has 0 aliphatic heterocycles. The summed E-state index contributed by atoms with van der Waals surface area (Å²) in [5.41, 5.74) is 9.82. The molecule has 84 valence electrons. The van der Waals surface area contributed by atoms with Crippen molar-refractivity contribution in [3.63, 3.8) is 0 Å². The van der Waals surface area contributed by atoms with Gasteiger partial charge in [-0.1, -0.05) is 30.3 Å². The second kappa shape index (κ2) is 2.32. The summed E-state index contributed by atoms with van der Waals surface area (Å²) in [6.45, 7) is 2.03. The van der Waals surface area contributed by atoms with Crippen LogP contribution in [0.5, 0.6) is 0 Å². The van der Waals surface area contributed by atoms with E-state index in [4.69, 9.17) is 11.0 Å². The highest BCUT2D eigenvalue weighted by Gasteiger charge is 2.84. The van der Waals surface area contributed by atoms with Crippen LogP contribution in [0.4, 0.5) is 0 Å². The maximum absolute atomic E-state index is 9.13. The van der Waals surface area contributed by atoms with Gasteiger partial charge in [-0.25, -0.2) is 0 Å². The topological polar surface area (TPSA) is 49.8 Å². The average Bonchev–Trinajstić information content (AvgIpc) is 3.16. The molecule has 0 unspecified atom stereocenters. The average molecular weight is 222 g/mol. The number of hydrogen-bond donors (Lipinski definition) is 1. The lowest BCUT2D eigenvalue weighted by atomic mass is 9.98. The number of hydrogen-bond acceptors (Lipinski definition) is 2. The van der Waals surface area contributed by atoms with Gasteiger partial charge >= 0.3 is 0 Å². The summed E-state index contributed by atoms with van der Waals surface area (Å²) < 4.78 is 0. The molecule has 0 saturated heterocycles. The van der Waals surface area contributed by atoms with Crippen LogP contribution in [-0.2, 0) is 5.41 Å². The molecule has 1 atom stereocenters. The third-order valence-corrected chi connectivity index (χ3v) is 4.75. The van der Waals surface area contributed by atoms with Crippen molar-refractivity contribution in [3.05, 3.63) is 41.5 Å². The molecule has 4 rings (SSSR count). The first-order chi connectivity index (χ1) is 8.03. The van der Waals surface area contributed by atoms with Crippen molar-refractivity contribution in [1.29, 1.82) is 5.26 Å². The van der Waals surface area contributed by atoms with Crippen LogP contribution in [-0.4, -0.2) is 5.54 Å². The van der Waals surface area contributed by atoms with Crippen molar-refractivity contribution in [3.8, 4) is 6.07 Å². The number of nitrogens with zero attached hydrogens (tertiary/aromatic N) is 1. The van der Waals surface area contributed by atoms with Crippen LogP contribution >= 0.6 is 0 Å². The van der Waals surface area contributed by atoms with Crippen LogP contribution in [0.2, 0.25) is 0 Å². The van der Waals surface area contributed by atoms with Crippen molar-refractivity contribution in [2.45, 2.75) is 30.7 Å². The van der Waals surface area contributed by atoms with Crippen LogP contribution in [0.3, 0.4) is 0 Å². The largest absolute Gasteiger partial charge is 0.318 e. The first-order valence-electron chi connectivity index (χ1n) is 6.08. The zero-order valence-electron chi connectivity index (χ0n) is 9.83. The number of benzene rings is 1. The van der Waals surface area contributed by atoms with Gasteiger partial charge in [0.25, 0.3) is 0 Å². The molecule has 2 nitrogen and oxygen atoms in total. The Bertz CT molecular complexity index is 610. The van der Waals surface area contributed by atoms with Gasteiger partial charge in [-0.15, -0.1) is 0 Å². The third kappa shape index (κ3) is 0.987. The Hall–Kier alpha value is -1.59. The molecule has 2 fully saturated rings. The molecule has 17 heavy (non-hydrogen) atoms. The molecule has 0 aromatic heterocycles. The van der Waals surface area contributed by atoms with E-state index < -0.39 is 0 Å². The van der Waals surface area contributed by atoms with Crippen LogP contribution in [0.1, 0.15) is 30.9 Å². The van der Waals surface area contributed by atoms with Gasteiger partial charge in [0.15, 0.2) is 0 Å². The van der Waals surface area contributed by atoms with Crippen molar-refractivity contribution < 1.29 is 0 Å². The summed E-state index contributed by atoms with van der Waals surface area (Å²) in [6, 6.07) is 11.1. The lowest BCUT2D eigenvalue weighted by Gasteiger charge is -2.08. The smallest absolute Gasteiger partial charge is 0.0699 e. The lowest BCUT2D eigenvalue weighted by molar-refractivity contribution is 0.775. The van der Waals surface area contributed by atoms with Crippen molar-refractivity contribution in [2.24, 2.45) is 11.1 Å². The normalized spacial score (nSPS) is 44.4. The molecule has 0 bridgehead atoms. The summed E-state index contributed by atoms with van der Waals surface area (Å²) in [7, 11) is 0. The zero-order valence-corrected chi connectivity index (χ0v) is 9.83. The Morgan fingerprint density at radius 2 is 2.06 bits per heavy atom. The minimum absolute atomic E-state index is 0.00439. The molecule has 2 heteroatoms. The molecule has 0 heterocycles. The summed E-state index contributed by atoms with van der Waals surface area (Å²) >= 11 is 0. The van der Waals surface area contributed by atoms with Gasteiger partial charge in [0.05, 0.1) is 17.0 Å². The van der Waals surface area contributed by atoms with Gasteiger partial charge in [-0.3, -0.25) is 0 Å². The highest BCUT2D eigenvalue weighted by Crippen LogP contribution is 2.85. The molecule has 0 spiro atoms. The number of fused-ring (bicyclic) bond motifs is 1. The fourth-order valence-electron chi connectivity index (χ4n) is 3.20. The Morgan fingerprint density at radius 3 is 2.59 bits per heavy atom. The number of nitrogens with two attached hydrogens (primary N) is 1. The molecule has 3 aliphatic rings. The predicted octanol–water partition coefficient (Wildman–Crippen LogP) is 2.36. The first kappa shape index (κ1) is 9.44. The second-order valence-corrected chi connectivity index (χ2v) is 6.05. The van der Waals surface area contributed by atoms with E-state index in [1.807, 2.05) is 6.92 Å². The standard InChI is InChI=1S/C15H14N2/c1-13(17)6-12(13)10-3-2-4-11(5-10)15-7-14(15,8-15)9-16/h2-6H,7-8,17H2,1H3/t13-,14?,15?/m0/s1. The molecule has 2 N–H and O–H groups in total. The van der Waals surface area contributed by atoms with Crippen molar-refractivity contribution in [2.75, 3.05) is 0 Å². The molecule has 1 aromatic carbocycles. The Labute approximate surface area is 101 Å². The second-order valence-electron chi connectivity index (χ2n) is 6.05. The lowest BCUT2D eigenvalue weighted by Crippen LogP contribution is -2.20. The first-order valence-corrected chi connectivity index (χ1v) is 6.08. The minimum atomic E-state index is -0.213. The Morgan fingerprint density at radius 1 is 1.35 bits per heavy atom. The summed E-state index contributed by atoms with van der Waals surface area (Å²) in [5.74, 6) is 0. The van der Waals surface area contributed by atoms with Crippen LogP contribution < -0.4 is 5.73 Å². The number of nitriles is 1. The van der Waals surface area contributed by atoms with E-state index in [0.29, 0.717) is 0 Å². The van der Waals surface area contributed by atoms with Crippen molar-refractivity contribution >= 4 is 5.57 Å². The highest BCUT2D eigenvalue weighted by molar-refractivity contribution is 5.88.